The molecule has 6 heteroatoms. The third-order valence-corrected chi connectivity index (χ3v) is 4.07. The van der Waals surface area contributed by atoms with Gasteiger partial charge in [0.25, 0.3) is 0 Å². The van der Waals surface area contributed by atoms with Crippen molar-refractivity contribution in [1.29, 1.82) is 0 Å². The van der Waals surface area contributed by atoms with Crippen molar-refractivity contribution in [2.24, 2.45) is 0 Å². The van der Waals surface area contributed by atoms with Gasteiger partial charge in [0.15, 0.2) is 0 Å². The van der Waals surface area contributed by atoms with Gasteiger partial charge in [0.2, 0.25) is 0 Å². The van der Waals surface area contributed by atoms with Crippen LogP contribution in [0.5, 0.6) is 5.75 Å². The molecule has 1 N–H and O–H groups in total. The minimum Gasteiger partial charge on any atom is -0.487 e. The van der Waals surface area contributed by atoms with Crippen molar-refractivity contribution in [1.82, 2.24) is 20.2 Å². The highest BCUT2D eigenvalue weighted by molar-refractivity contribution is 14.1. The van der Waals surface area contributed by atoms with Gasteiger partial charge >= 0.3 is 0 Å². The number of hydrogen-bond donors (Lipinski definition) is 1. The molecule has 19 heavy (non-hydrogen) atoms. The molecule has 0 unspecified atom stereocenters. The van der Waals surface area contributed by atoms with Crippen LogP contribution in [0.15, 0.2) is 18.3 Å². The van der Waals surface area contributed by atoms with Crippen LogP contribution in [0, 0.1) is 10.6 Å². The number of ether oxygens (including phenoxy) is 1. The molecule has 94 valence electrons. The molecule has 0 spiro atoms. The van der Waals surface area contributed by atoms with Crippen LogP contribution in [0.4, 0.5) is 0 Å². The topological polar surface area (TPSA) is 63.7 Å². The molecule has 1 aromatic carbocycles. The number of benzene rings is 1. The van der Waals surface area contributed by atoms with Crippen LogP contribution in [0.25, 0.3) is 22.0 Å². The van der Waals surface area contributed by atoms with Crippen LogP contribution in [0.1, 0.15) is 11.5 Å². The first kappa shape index (κ1) is 11.2. The van der Waals surface area contributed by atoms with E-state index in [1.165, 1.54) is 0 Å². The Kier molecular flexibility index (Phi) is 2.29. The van der Waals surface area contributed by atoms with Gasteiger partial charge in [-0.05, 0) is 35.6 Å². The summed E-state index contributed by atoms with van der Waals surface area (Å²) in [5.74, 6) is 1.61. The van der Waals surface area contributed by atoms with Gasteiger partial charge in [-0.25, -0.2) is 9.97 Å². The van der Waals surface area contributed by atoms with E-state index in [0.717, 1.165) is 43.0 Å². The second-order valence-electron chi connectivity index (χ2n) is 4.47. The number of aromatic nitrogens is 4. The first-order chi connectivity index (χ1) is 9.22. The zero-order chi connectivity index (χ0) is 13.0. The average Bonchev–Trinajstić information content (AvgIpc) is 2.77. The number of H-pyrrole nitrogens is 1. The molecule has 0 fully saturated rings. The number of nitrogens with one attached hydrogen (secondary N) is 1. The molecule has 0 radical (unpaired) electrons. The van der Waals surface area contributed by atoms with E-state index in [2.05, 4.69) is 48.8 Å². The van der Waals surface area contributed by atoms with Crippen LogP contribution in [0.3, 0.4) is 0 Å². The van der Waals surface area contributed by atoms with E-state index in [4.69, 9.17) is 4.74 Å². The standard InChI is InChI=1S/C13H9IN4O/c1-6-15-4-9-7-2-8-10(17-18-13(8)14)3-12(7)19-5-11(9)16-6/h2-4H,5H2,1H3,(H,17,18). The Balaban J connectivity index is 2.04. The Bertz CT molecular complexity index is 812. The number of fused-ring (bicyclic) bond motifs is 4. The highest BCUT2D eigenvalue weighted by Gasteiger charge is 2.21. The number of nitrogens with zero attached hydrogens (tertiary/aromatic N) is 3. The summed E-state index contributed by atoms with van der Waals surface area (Å²) >= 11 is 2.24. The lowest BCUT2D eigenvalue weighted by Gasteiger charge is -2.19. The second-order valence-corrected chi connectivity index (χ2v) is 5.55. The smallest absolute Gasteiger partial charge is 0.131 e. The normalized spacial score (nSPS) is 12.9. The average molecular weight is 364 g/mol. The zero-order valence-electron chi connectivity index (χ0n) is 10.1. The molecular weight excluding hydrogens is 355 g/mol. The molecule has 0 atom stereocenters. The van der Waals surface area contributed by atoms with E-state index >= 15 is 0 Å². The Morgan fingerprint density at radius 1 is 1.32 bits per heavy atom. The van der Waals surface area contributed by atoms with Gasteiger partial charge in [0, 0.05) is 28.8 Å². The van der Waals surface area contributed by atoms with Gasteiger partial charge in [-0.2, -0.15) is 5.10 Å². The van der Waals surface area contributed by atoms with Crippen LogP contribution in [-0.2, 0) is 6.61 Å². The Hall–Kier alpha value is -1.70. The molecule has 1 aliphatic rings. The summed E-state index contributed by atoms with van der Waals surface area (Å²) in [6, 6.07) is 4.05. The highest BCUT2D eigenvalue weighted by Crippen LogP contribution is 2.39. The SMILES string of the molecule is Cc1ncc2c(n1)COc1cc3n[nH]c(I)c3cc1-2. The van der Waals surface area contributed by atoms with E-state index in [9.17, 15) is 0 Å². The fraction of sp³-hybridized carbons (Fsp3) is 0.154. The summed E-state index contributed by atoms with van der Waals surface area (Å²) < 4.78 is 6.80. The summed E-state index contributed by atoms with van der Waals surface area (Å²) in [4.78, 5) is 8.73. The maximum Gasteiger partial charge on any atom is 0.131 e. The third-order valence-electron chi connectivity index (χ3n) is 3.25. The maximum absolute atomic E-state index is 5.78. The molecule has 0 saturated carbocycles. The van der Waals surface area contributed by atoms with Gasteiger partial charge in [0.05, 0.1) is 11.2 Å². The third kappa shape index (κ3) is 1.62. The zero-order valence-corrected chi connectivity index (χ0v) is 12.2. The van der Waals surface area contributed by atoms with Crippen molar-refractivity contribution in [2.45, 2.75) is 13.5 Å². The lowest BCUT2D eigenvalue weighted by atomic mass is 10.0. The molecule has 0 amide bonds. The van der Waals surface area contributed by atoms with E-state index in [1.54, 1.807) is 0 Å². The van der Waals surface area contributed by atoms with E-state index in [1.807, 2.05) is 19.2 Å². The van der Waals surface area contributed by atoms with Gasteiger partial charge in [-0.1, -0.05) is 0 Å². The lowest BCUT2D eigenvalue weighted by molar-refractivity contribution is 0.297. The van der Waals surface area contributed by atoms with Crippen LogP contribution in [-0.4, -0.2) is 20.2 Å². The van der Waals surface area contributed by atoms with E-state index in [0.29, 0.717) is 6.61 Å². The first-order valence-electron chi connectivity index (χ1n) is 5.85. The molecule has 2 aromatic heterocycles. The molecule has 4 rings (SSSR count). The molecule has 0 aliphatic carbocycles. The number of halogens is 1. The van der Waals surface area contributed by atoms with Crippen LogP contribution >= 0.6 is 22.6 Å². The van der Waals surface area contributed by atoms with Gasteiger partial charge in [-0.15, -0.1) is 0 Å². The fourth-order valence-electron chi connectivity index (χ4n) is 2.33. The van der Waals surface area contributed by atoms with Gasteiger partial charge in [0.1, 0.15) is 21.9 Å². The summed E-state index contributed by atoms with van der Waals surface area (Å²) in [6.45, 7) is 2.37. The van der Waals surface area contributed by atoms with Crippen molar-refractivity contribution in [3.05, 3.63) is 33.5 Å². The lowest BCUT2D eigenvalue weighted by Crippen LogP contribution is -2.09. The fourth-order valence-corrected chi connectivity index (χ4v) is 2.89. The molecule has 0 saturated heterocycles. The molecule has 1 aliphatic heterocycles. The van der Waals surface area contributed by atoms with Crippen LogP contribution < -0.4 is 4.74 Å². The van der Waals surface area contributed by atoms with Crippen molar-refractivity contribution < 1.29 is 4.74 Å². The van der Waals surface area contributed by atoms with Gasteiger partial charge in [-0.3, -0.25) is 5.10 Å². The summed E-state index contributed by atoms with van der Waals surface area (Å²) in [6.07, 6.45) is 1.87. The summed E-state index contributed by atoms with van der Waals surface area (Å²) in [7, 11) is 0. The second kappa shape index (κ2) is 3.89. The van der Waals surface area contributed by atoms with Crippen molar-refractivity contribution in [3.8, 4) is 16.9 Å². The Labute approximate surface area is 122 Å². The Morgan fingerprint density at radius 2 is 2.21 bits per heavy atom. The number of aryl methyl sites for hydroxylation is 1. The van der Waals surface area contributed by atoms with E-state index < -0.39 is 0 Å². The summed E-state index contributed by atoms with van der Waals surface area (Å²) in [5.41, 5.74) is 3.94. The van der Waals surface area contributed by atoms with Crippen LogP contribution in [0.2, 0.25) is 0 Å². The van der Waals surface area contributed by atoms with Crippen molar-refractivity contribution in [3.63, 3.8) is 0 Å². The number of hydrogen-bond acceptors (Lipinski definition) is 4. The minimum absolute atomic E-state index is 0.485. The Morgan fingerprint density at radius 3 is 3.11 bits per heavy atom. The number of rotatable bonds is 0. The molecular formula is C13H9IN4O. The van der Waals surface area contributed by atoms with E-state index in [-0.39, 0.29) is 0 Å². The maximum atomic E-state index is 5.78. The predicted octanol–water partition coefficient (Wildman–Crippen LogP) is 2.83. The number of aromatic amines is 1. The molecule has 5 nitrogen and oxygen atoms in total. The quantitative estimate of drug-likeness (QED) is 0.623. The largest absolute Gasteiger partial charge is 0.487 e. The van der Waals surface area contributed by atoms with Crippen molar-refractivity contribution >= 4 is 33.5 Å². The highest BCUT2D eigenvalue weighted by atomic mass is 127. The first-order valence-corrected chi connectivity index (χ1v) is 6.93. The minimum atomic E-state index is 0.485. The predicted molar refractivity (Wildman–Crippen MR) is 78.9 cm³/mol. The molecule has 3 heterocycles. The van der Waals surface area contributed by atoms with Crippen molar-refractivity contribution in [2.75, 3.05) is 0 Å². The summed E-state index contributed by atoms with van der Waals surface area (Å²) in [5, 5.41) is 8.33. The monoisotopic (exact) mass is 364 g/mol. The molecule has 0 bridgehead atoms. The van der Waals surface area contributed by atoms with Gasteiger partial charge < -0.3 is 4.74 Å². The molecule has 3 aromatic rings.